The van der Waals surface area contributed by atoms with Crippen LogP contribution in [0.4, 0.5) is 9.18 Å². The molecule has 0 atom stereocenters. The summed E-state index contributed by atoms with van der Waals surface area (Å²) < 4.78 is 18.6. The summed E-state index contributed by atoms with van der Waals surface area (Å²) in [4.78, 5) is 16.1. The minimum Gasteiger partial charge on any atom is -0.444 e. The third-order valence-electron chi connectivity index (χ3n) is 3.44. The molecule has 0 spiro atoms. The second-order valence-corrected chi connectivity index (χ2v) is 7.87. The van der Waals surface area contributed by atoms with Crippen molar-refractivity contribution in [2.75, 3.05) is 13.6 Å². The molecule has 1 amide bonds. The molecule has 0 heterocycles. The highest BCUT2D eigenvalue weighted by Gasteiger charge is 2.24. The zero-order valence-corrected chi connectivity index (χ0v) is 16.8. The highest BCUT2D eigenvalue weighted by molar-refractivity contribution is 5.79. The number of nitrogens with one attached hydrogen (secondary N) is 3. The van der Waals surface area contributed by atoms with Gasteiger partial charge in [-0.15, -0.1) is 0 Å². The van der Waals surface area contributed by atoms with Gasteiger partial charge in [-0.1, -0.05) is 12.1 Å². The maximum absolute atomic E-state index is 13.3. The van der Waals surface area contributed by atoms with Crippen molar-refractivity contribution >= 4 is 12.1 Å². The van der Waals surface area contributed by atoms with E-state index in [0.29, 0.717) is 24.6 Å². The number of hydrogen-bond donors (Lipinski definition) is 3. The van der Waals surface area contributed by atoms with Gasteiger partial charge in [-0.05, 0) is 58.7 Å². The van der Waals surface area contributed by atoms with E-state index in [-0.39, 0.29) is 5.82 Å². The van der Waals surface area contributed by atoms with Gasteiger partial charge in [-0.3, -0.25) is 4.99 Å². The SMILES string of the molecule is CN=C(NCc1ccc(F)c(C)c1)NCC(C)(C)NC(=O)OC(C)(C)C. The van der Waals surface area contributed by atoms with E-state index in [9.17, 15) is 9.18 Å². The molecule has 1 aromatic rings. The summed E-state index contributed by atoms with van der Waals surface area (Å²) in [5.74, 6) is 0.372. The van der Waals surface area contributed by atoms with Crippen molar-refractivity contribution in [1.82, 2.24) is 16.0 Å². The number of ether oxygens (including phenoxy) is 1. The van der Waals surface area contributed by atoms with Crippen molar-refractivity contribution in [2.45, 2.75) is 59.2 Å². The molecule has 0 aliphatic heterocycles. The van der Waals surface area contributed by atoms with E-state index in [2.05, 4.69) is 20.9 Å². The molecule has 6 nitrogen and oxygen atoms in total. The van der Waals surface area contributed by atoms with Crippen LogP contribution in [-0.2, 0) is 11.3 Å². The Balaban J connectivity index is 2.51. The van der Waals surface area contributed by atoms with Crippen molar-refractivity contribution in [1.29, 1.82) is 0 Å². The summed E-state index contributed by atoms with van der Waals surface area (Å²) in [5.41, 5.74) is 0.484. The highest BCUT2D eigenvalue weighted by Crippen LogP contribution is 2.10. The Morgan fingerprint density at radius 3 is 2.38 bits per heavy atom. The van der Waals surface area contributed by atoms with Crippen LogP contribution in [0.3, 0.4) is 0 Å². The number of nitrogens with zero attached hydrogens (tertiary/aromatic N) is 1. The molecule has 0 saturated carbocycles. The van der Waals surface area contributed by atoms with Gasteiger partial charge in [0.05, 0.1) is 5.54 Å². The number of carbonyl (C=O) groups is 1. The first-order valence-electron chi connectivity index (χ1n) is 8.62. The van der Waals surface area contributed by atoms with Crippen LogP contribution in [0.5, 0.6) is 0 Å². The Labute approximate surface area is 155 Å². The van der Waals surface area contributed by atoms with E-state index >= 15 is 0 Å². The van der Waals surface area contributed by atoms with Crippen LogP contribution in [0.2, 0.25) is 0 Å². The van der Waals surface area contributed by atoms with Gasteiger partial charge in [0.25, 0.3) is 0 Å². The first-order valence-corrected chi connectivity index (χ1v) is 8.62. The standard InChI is InChI=1S/C19H31FN4O2/c1-13-10-14(8-9-15(13)20)11-22-16(21-7)23-12-19(5,6)24-17(25)26-18(2,3)4/h8-10H,11-12H2,1-7H3,(H,24,25)(H2,21,22,23). The molecule has 0 aliphatic carbocycles. The van der Waals surface area contributed by atoms with Gasteiger partial charge in [-0.25, -0.2) is 9.18 Å². The fourth-order valence-corrected chi connectivity index (χ4v) is 2.15. The predicted molar refractivity (Wildman–Crippen MR) is 103 cm³/mol. The van der Waals surface area contributed by atoms with Gasteiger partial charge in [0.1, 0.15) is 11.4 Å². The fraction of sp³-hybridized carbons (Fsp3) is 0.579. The monoisotopic (exact) mass is 366 g/mol. The molecule has 0 radical (unpaired) electrons. The van der Waals surface area contributed by atoms with Gasteiger partial charge in [-0.2, -0.15) is 0 Å². The lowest BCUT2D eigenvalue weighted by Crippen LogP contribution is -2.54. The average Bonchev–Trinajstić information content (AvgIpc) is 2.48. The maximum atomic E-state index is 13.3. The Hall–Kier alpha value is -2.31. The Bertz CT molecular complexity index is 651. The zero-order valence-electron chi connectivity index (χ0n) is 16.8. The molecule has 3 N–H and O–H groups in total. The van der Waals surface area contributed by atoms with Crippen LogP contribution >= 0.6 is 0 Å². The summed E-state index contributed by atoms with van der Waals surface area (Å²) in [7, 11) is 1.67. The number of aliphatic imine (C=N–C) groups is 1. The number of amides is 1. The molecule has 0 aliphatic rings. The number of carbonyl (C=O) groups excluding carboxylic acids is 1. The molecule has 0 bridgehead atoms. The van der Waals surface area contributed by atoms with E-state index < -0.39 is 17.2 Å². The van der Waals surface area contributed by atoms with E-state index in [1.807, 2.05) is 34.6 Å². The van der Waals surface area contributed by atoms with Crippen LogP contribution in [0.15, 0.2) is 23.2 Å². The molecular weight excluding hydrogens is 335 g/mol. The van der Waals surface area contributed by atoms with Crippen LogP contribution in [0, 0.1) is 12.7 Å². The van der Waals surface area contributed by atoms with E-state index in [0.717, 1.165) is 5.56 Å². The van der Waals surface area contributed by atoms with E-state index in [1.165, 1.54) is 6.07 Å². The number of rotatable bonds is 5. The summed E-state index contributed by atoms with van der Waals surface area (Å²) in [6, 6.07) is 4.98. The minimum atomic E-state index is -0.543. The van der Waals surface area contributed by atoms with Crippen molar-refractivity contribution in [3.8, 4) is 0 Å². The minimum absolute atomic E-state index is 0.216. The Morgan fingerprint density at radius 1 is 1.19 bits per heavy atom. The first-order chi connectivity index (χ1) is 11.9. The number of aryl methyl sites for hydroxylation is 1. The average molecular weight is 366 g/mol. The van der Waals surface area contributed by atoms with Gasteiger partial charge >= 0.3 is 6.09 Å². The van der Waals surface area contributed by atoms with Crippen molar-refractivity contribution < 1.29 is 13.9 Å². The number of guanidine groups is 1. The third-order valence-corrected chi connectivity index (χ3v) is 3.44. The molecule has 0 aromatic heterocycles. The largest absolute Gasteiger partial charge is 0.444 e. The third kappa shape index (κ3) is 8.18. The molecule has 26 heavy (non-hydrogen) atoms. The second kappa shape index (κ2) is 8.87. The topological polar surface area (TPSA) is 74.8 Å². The smallest absolute Gasteiger partial charge is 0.408 e. The lowest BCUT2D eigenvalue weighted by Gasteiger charge is -2.29. The van der Waals surface area contributed by atoms with E-state index in [1.54, 1.807) is 26.1 Å². The van der Waals surface area contributed by atoms with Crippen LogP contribution in [0.25, 0.3) is 0 Å². The summed E-state index contributed by atoms with van der Waals surface area (Å²) in [6.45, 7) is 11.9. The number of alkyl carbamates (subject to hydrolysis) is 1. The fourth-order valence-electron chi connectivity index (χ4n) is 2.15. The molecule has 0 saturated heterocycles. The van der Waals surface area contributed by atoms with Crippen LogP contribution < -0.4 is 16.0 Å². The lowest BCUT2D eigenvalue weighted by atomic mass is 10.1. The predicted octanol–water partition coefficient (Wildman–Crippen LogP) is 3.10. The molecule has 1 aromatic carbocycles. The Kier molecular flexibility index (Phi) is 7.41. The van der Waals surface area contributed by atoms with Gasteiger partial charge in [0.2, 0.25) is 0 Å². The summed E-state index contributed by atoms with van der Waals surface area (Å²) in [5, 5.41) is 9.17. The molecular formula is C19H31FN4O2. The second-order valence-electron chi connectivity index (χ2n) is 7.87. The molecule has 1 rings (SSSR count). The van der Waals surface area contributed by atoms with Crippen LogP contribution in [-0.4, -0.2) is 36.8 Å². The Morgan fingerprint density at radius 2 is 1.85 bits per heavy atom. The number of halogens is 1. The quantitative estimate of drug-likeness (QED) is 0.553. The van der Waals surface area contributed by atoms with Crippen molar-refractivity contribution in [3.05, 3.63) is 35.1 Å². The number of hydrogen-bond acceptors (Lipinski definition) is 3. The zero-order chi connectivity index (χ0) is 20.0. The van der Waals surface area contributed by atoms with Crippen molar-refractivity contribution in [3.63, 3.8) is 0 Å². The summed E-state index contributed by atoms with van der Waals surface area (Å²) in [6.07, 6.45) is -0.464. The van der Waals surface area contributed by atoms with Crippen molar-refractivity contribution in [2.24, 2.45) is 4.99 Å². The first kappa shape index (κ1) is 21.7. The van der Waals surface area contributed by atoms with Gasteiger partial charge in [0.15, 0.2) is 5.96 Å². The molecule has 7 heteroatoms. The molecule has 0 fully saturated rings. The normalized spacial score (nSPS) is 12.5. The highest BCUT2D eigenvalue weighted by atomic mass is 19.1. The van der Waals surface area contributed by atoms with Gasteiger partial charge < -0.3 is 20.7 Å². The van der Waals surface area contributed by atoms with Gasteiger partial charge in [0, 0.05) is 20.1 Å². The molecule has 0 unspecified atom stereocenters. The van der Waals surface area contributed by atoms with Crippen LogP contribution in [0.1, 0.15) is 45.7 Å². The molecule has 146 valence electrons. The van der Waals surface area contributed by atoms with E-state index in [4.69, 9.17) is 4.74 Å². The number of benzene rings is 1. The summed E-state index contributed by atoms with van der Waals surface area (Å²) >= 11 is 0. The lowest BCUT2D eigenvalue weighted by molar-refractivity contribution is 0.0474. The maximum Gasteiger partial charge on any atom is 0.408 e.